The molecule has 0 heterocycles. The van der Waals surface area contributed by atoms with Gasteiger partial charge < -0.3 is 13.3 Å². The first-order valence-electron chi connectivity index (χ1n) is 5.09. The summed E-state index contributed by atoms with van der Waals surface area (Å²) in [5.41, 5.74) is 0. The Morgan fingerprint density at radius 2 is 1.56 bits per heavy atom. The fourth-order valence-electron chi connectivity index (χ4n) is 1.37. The molecular formula is C11H18O3SSi. The van der Waals surface area contributed by atoms with Crippen molar-refractivity contribution in [3.63, 3.8) is 0 Å². The SMILES string of the molecule is CO[Si](CCSc1ccccc1)(OC)OC. The van der Waals surface area contributed by atoms with Crippen LogP contribution < -0.4 is 0 Å². The smallest absolute Gasteiger partial charge is 0.377 e. The molecule has 0 saturated heterocycles. The maximum absolute atomic E-state index is 5.36. The normalized spacial score (nSPS) is 11.7. The van der Waals surface area contributed by atoms with Gasteiger partial charge >= 0.3 is 8.80 Å². The molecule has 0 spiro atoms. The largest absolute Gasteiger partial charge is 0.500 e. The Balaban J connectivity index is 2.39. The van der Waals surface area contributed by atoms with Gasteiger partial charge in [0.25, 0.3) is 0 Å². The molecule has 0 fully saturated rings. The monoisotopic (exact) mass is 258 g/mol. The summed E-state index contributed by atoms with van der Waals surface area (Å²) >= 11 is 1.79. The van der Waals surface area contributed by atoms with E-state index in [0.29, 0.717) is 0 Å². The van der Waals surface area contributed by atoms with Crippen LogP contribution in [0.25, 0.3) is 0 Å². The second-order valence-electron chi connectivity index (χ2n) is 3.21. The van der Waals surface area contributed by atoms with Gasteiger partial charge in [-0.1, -0.05) is 18.2 Å². The molecule has 0 bridgehead atoms. The fraction of sp³-hybridized carbons (Fsp3) is 0.455. The van der Waals surface area contributed by atoms with Gasteiger partial charge in [0, 0.05) is 38.0 Å². The van der Waals surface area contributed by atoms with Crippen LogP contribution in [0.3, 0.4) is 0 Å². The molecule has 0 atom stereocenters. The van der Waals surface area contributed by atoms with E-state index in [4.69, 9.17) is 13.3 Å². The van der Waals surface area contributed by atoms with Gasteiger partial charge in [-0.15, -0.1) is 11.8 Å². The third kappa shape index (κ3) is 3.91. The number of hydrogen-bond acceptors (Lipinski definition) is 4. The molecule has 1 aromatic rings. The lowest BCUT2D eigenvalue weighted by Crippen LogP contribution is -2.43. The van der Waals surface area contributed by atoms with E-state index < -0.39 is 8.80 Å². The molecule has 0 saturated carbocycles. The van der Waals surface area contributed by atoms with Gasteiger partial charge in [0.2, 0.25) is 0 Å². The molecule has 1 aromatic carbocycles. The van der Waals surface area contributed by atoms with Crippen LogP contribution in [0.1, 0.15) is 0 Å². The highest BCUT2D eigenvalue weighted by atomic mass is 32.2. The standard InChI is InChI=1S/C11H18O3SSi/c1-12-16(13-2,14-3)10-9-15-11-7-5-4-6-8-11/h4-8H,9-10H2,1-3H3. The number of rotatable bonds is 7. The average molecular weight is 258 g/mol. The highest BCUT2D eigenvalue weighted by Crippen LogP contribution is 2.22. The molecule has 0 aliphatic heterocycles. The zero-order valence-electron chi connectivity index (χ0n) is 9.93. The lowest BCUT2D eigenvalue weighted by atomic mass is 10.4. The Morgan fingerprint density at radius 1 is 1.00 bits per heavy atom. The topological polar surface area (TPSA) is 27.7 Å². The summed E-state index contributed by atoms with van der Waals surface area (Å²) in [6.07, 6.45) is 0. The van der Waals surface area contributed by atoms with E-state index in [9.17, 15) is 0 Å². The molecule has 90 valence electrons. The van der Waals surface area contributed by atoms with Crippen LogP contribution in [0, 0.1) is 0 Å². The lowest BCUT2D eigenvalue weighted by Gasteiger charge is -2.23. The second-order valence-corrected chi connectivity index (χ2v) is 7.47. The predicted octanol–water partition coefficient (Wildman–Crippen LogP) is 2.66. The summed E-state index contributed by atoms with van der Waals surface area (Å²) < 4.78 is 16.1. The van der Waals surface area contributed by atoms with Crippen molar-refractivity contribution in [2.24, 2.45) is 0 Å². The van der Waals surface area contributed by atoms with Gasteiger partial charge in [0.05, 0.1) is 0 Å². The third-order valence-corrected chi connectivity index (χ3v) is 6.46. The van der Waals surface area contributed by atoms with Crippen molar-refractivity contribution in [2.45, 2.75) is 10.9 Å². The van der Waals surface area contributed by atoms with Crippen LogP contribution in [-0.2, 0) is 13.3 Å². The zero-order chi connectivity index (χ0) is 11.9. The van der Waals surface area contributed by atoms with Gasteiger partial charge in [0.1, 0.15) is 0 Å². The minimum Gasteiger partial charge on any atom is -0.377 e. The third-order valence-electron chi connectivity index (χ3n) is 2.35. The van der Waals surface area contributed by atoms with Gasteiger partial charge in [-0.2, -0.15) is 0 Å². The summed E-state index contributed by atoms with van der Waals surface area (Å²) in [7, 11) is 2.54. The minimum absolute atomic E-state index is 0.816. The molecule has 5 heteroatoms. The molecule has 0 amide bonds. The molecule has 0 N–H and O–H groups in total. The average Bonchev–Trinajstić information content (AvgIpc) is 2.37. The van der Waals surface area contributed by atoms with Crippen molar-refractivity contribution >= 4 is 20.6 Å². The Bertz CT molecular complexity index is 282. The van der Waals surface area contributed by atoms with Crippen LogP contribution in [0.5, 0.6) is 0 Å². The first kappa shape index (κ1) is 13.7. The molecule has 0 aliphatic rings. The summed E-state index contributed by atoms with van der Waals surface area (Å²) in [6.45, 7) is 0. The summed E-state index contributed by atoms with van der Waals surface area (Å²) in [6, 6.07) is 11.1. The van der Waals surface area contributed by atoms with Crippen molar-refractivity contribution in [1.82, 2.24) is 0 Å². The summed E-state index contributed by atoms with van der Waals surface area (Å²) in [5.74, 6) is 0.936. The zero-order valence-corrected chi connectivity index (χ0v) is 11.8. The van der Waals surface area contributed by atoms with Crippen LogP contribution in [0.15, 0.2) is 35.2 Å². The highest BCUT2D eigenvalue weighted by Gasteiger charge is 2.36. The van der Waals surface area contributed by atoms with Crippen LogP contribution in [-0.4, -0.2) is 35.9 Å². The van der Waals surface area contributed by atoms with E-state index in [-0.39, 0.29) is 0 Å². The van der Waals surface area contributed by atoms with Gasteiger partial charge in [0.15, 0.2) is 0 Å². The summed E-state index contributed by atoms with van der Waals surface area (Å²) in [5, 5.41) is 0. The van der Waals surface area contributed by atoms with E-state index in [1.807, 2.05) is 18.2 Å². The molecule has 0 aliphatic carbocycles. The van der Waals surface area contributed by atoms with Crippen molar-refractivity contribution in [1.29, 1.82) is 0 Å². The number of hydrogen-bond donors (Lipinski definition) is 0. The van der Waals surface area contributed by atoms with Crippen molar-refractivity contribution in [2.75, 3.05) is 27.1 Å². The van der Waals surface area contributed by atoms with E-state index in [1.165, 1.54) is 4.90 Å². The molecule has 0 radical (unpaired) electrons. The van der Waals surface area contributed by atoms with E-state index >= 15 is 0 Å². The highest BCUT2D eigenvalue weighted by molar-refractivity contribution is 7.99. The minimum atomic E-state index is -2.39. The molecule has 3 nitrogen and oxygen atoms in total. The van der Waals surface area contributed by atoms with Crippen molar-refractivity contribution in [3.05, 3.63) is 30.3 Å². The molecule has 0 unspecified atom stereocenters. The Kier molecular flexibility index (Phi) is 6.08. The maximum atomic E-state index is 5.36. The second kappa shape index (κ2) is 7.08. The quantitative estimate of drug-likeness (QED) is 0.555. The van der Waals surface area contributed by atoms with E-state index in [0.717, 1.165) is 11.8 Å². The van der Waals surface area contributed by atoms with Crippen molar-refractivity contribution < 1.29 is 13.3 Å². The predicted molar refractivity (Wildman–Crippen MR) is 68.8 cm³/mol. The number of benzene rings is 1. The van der Waals surface area contributed by atoms with E-state index in [1.54, 1.807) is 33.1 Å². The Hall–Kier alpha value is -0.333. The first-order valence-corrected chi connectivity index (χ1v) is 8.01. The van der Waals surface area contributed by atoms with Crippen molar-refractivity contribution in [3.8, 4) is 0 Å². The Morgan fingerprint density at radius 3 is 2.06 bits per heavy atom. The lowest BCUT2D eigenvalue weighted by molar-refractivity contribution is 0.125. The number of thioether (sulfide) groups is 1. The van der Waals surface area contributed by atoms with E-state index in [2.05, 4.69) is 12.1 Å². The van der Waals surface area contributed by atoms with Crippen LogP contribution in [0.4, 0.5) is 0 Å². The van der Waals surface area contributed by atoms with Gasteiger partial charge in [-0.3, -0.25) is 0 Å². The molecule has 1 rings (SSSR count). The summed E-state index contributed by atoms with van der Waals surface area (Å²) in [4.78, 5) is 1.26. The van der Waals surface area contributed by atoms with Crippen LogP contribution in [0.2, 0.25) is 6.04 Å². The molecular weight excluding hydrogens is 240 g/mol. The van der Waals surface area contributed by atoms with Crippen LogP contribution >= 0.6 is 11.8 Å². The fourth-order valence-corrected chi connectivity index (χ4v) is 4.47. The molecule has 16 heavy (non-hydrogen) atoms. The van der Waals surface area contributed by atoms with Gasteiger partial charge in [-0.05, 0) is 12.1 Å². The first-order chi connectivity index (χ1) is 7.76. The van der Waals surface area contributed by atoms with Gasteiger partial charge in [-0.25, -0.2) is 0 Å². The Labute approximate surface area is 102 Å². The maximum Gasteiger partial charge on any atom is 0.500 e. The molecule has 0 aromatic heterocycles.